The van der Waals surface area contributed by atoms with Gasteiger partial charge < -0.3 is 5.73 Å². The van der Waals surface area contributed by atoms with Crippen molar-refractivity contribution in [1.29, 1.82) is 0 Å². The van der Waals surface area contributed by atoms with Crippen molar-refractivity contribution in [1.82, 2.24) is 4.72 Å². The zero-order valence-electron chi connectivity index (χ0n) is 9.33. The van der Waals surface area contributed by atoms with Crippen LogP contribution in [0, 0.1) is 17.7 Å². The van der Waals surface area contributed by atoms with Gasteiger partial charge in [0.1, 0.15) is 10.7 Å². The fourth-order valence-electron chi connectivity index (χ4n) is 1.19. The van der Waals surface area contributed by atoms with Crippen molar-refractivity contribution >= 4 is 15.7 Å². The number of nitrogens with one attached hydrogen (secondary N) is 1. The predicted octanol–water partition coefficient (Wildman–Crippen LogP) is 1.10. The molecule has 0 heterocycles. The molecule has 3 N–H and O–H groups in total. The minimum Gasteiger partial charge on any atom is -0.398 e. The van der Waals surface area contributed by atoms with Crippen LogP contribution < -0.4 is 10.5 Å². The molecule has 6 heteroatoms. The first-order valence-electron chi connectivity index (χ1n) is 4.91. The number of nitrogen functional groups attached to an aromatic ring is 1. The second-order valence-corrected chi connectivity index (χ2v) is 4.99. The van der Waals surface area contributed by atoms with Crippen LogP contribution in [-0.2, 0) is 10.0 Å². The molecule has 92 valence electrons. The molecule has 0 spiro atoms. The Morgan fingerprint density at radius 1 is 1.47 bits per heavy atom. The highest BCUT2D eigenvalue weighted by atomic mass is 32.2. The molecule has 0 aliphatic rings. The van der Waals surface area contributed by atoms with Crippen LogP contribution in [0.4, 0.5) is 10.1 Å². The summed E-state index contributed by atoms with van der Waals surface area (Å²) in [7, 11) is -3.78. The Morgan fingerprint density at radius 2 is 2.18 bits per heavy atom. The molecule has 0 unspecified atom stereocenters. The minimum atomic E-state index is -3.78. The molecule has 4 nitrogen and oxygen atoms in total. The van der Waals surface area contributed by atoms with Crippen LogP contribution in [0.15, 0.2) is 23.1 Å². The molecule has 0 saturated heterocycles. The topological polar surface area (TPSA) is 72.2 Å². The summed E-state index contributed by atoms with van der Waals surface area (Å²) in [5.74, 6) is 4.72. The molecule has 0 aliphatic heterocycles. The normalized spacial score (nSPS) is 10.7. The molecule has 0 bridgehead atoms. The first-order valence-corrected chi connectivity index (χ1v) is 6.40. The maximum atomic E-state index is 13.0. The molecule has 0 fully saturated rings. The summed E-state index contributed by atoms with van der Waals surface area (Å²) < 4.78 is 38.8. The average molecular weight is 256 g/mol. The van der Waals surface area contributed by atoms with Gasteiger partial charge in [-0.05, 0) is 25.1 Å². The number of hydrogen-bond donors (Lipinski definition) is 2. The van der Waals surface area contributed by atoms with Crippen molar-refractivity contribution in [3.63, 3.8) is 0 Å². The Balaban J connectivity index is 2.88. The maximum Gasteiger partial charge on any atom is 0.242 e. The molecular weight excluding hydrogens is 243 g/mol. The second kappa shape index (κ2) is 5.66. The van der Waals surface area contributed by atoms with Gasteiger partial charge in [-0.25, -0.2) is 17.5 Å². The lowest BCUT2D eigenvalue weighted by Crippen LogP contribution is -2.25. The molecule has 0 radical (unpaired) electrons. The number of sulfonamides is 1. The van der Waals surface area contributed by atoms with Gasteiger partial charge in [-0.1, -0.05) is 0 Å². The van der Waals surface area contributed by atoms with Gasteiger partial charge in [0, 0.05) is 13.0 Å². The predicted molar refractivity (Wildman–Crippen MR) is 64.1 cm³/mol. The fraction of sp³-hybridized carbons (Fsp3) is 0.273. The van der Waals surface area contributed by atoms with Crippen molar-refractivity contribution < 1.29 is 12.8 Å². The van der Waals surface area contributed by atoms with E-state index in [9.17, 15) is 12.8 Å². The van der Waals surface area contributed by atoms with Gasteiger partial charge in [-0.3, -0.25) is 0 Å². The van der Waals surface area contributed by atoms with Crippen LogP contribution in [0.2, 0.25) is 0 Å². The number of nitrogens with two attached hydrogens (primary N) is 1. The van der Waals surface area contributed by atoms with Crippen molar-refractivity contribution in [3.05, 3.63) is 24.0 Å². The summed E-state index contributed by atoms with van der Waals surface area (Å²) in [6, 6.07) is 3.22. The third-order valence-electron chi connectivity index (χ3n) is 1.98. The van der Waals surface area contributed by atoms with E-state index < -0.39 is 15.8 Å². The number of anilines is 1. The first-order chi connectivity index (χ1) is 7.97. The number of benzene rings is 1. The van der Waals surface area contributed by atoms with E-state index in [1.807, 2.05) is 0 Å². The fourth-order valence-corrected chi connectivity index (χ4v) is 2.36. The van der Waals surface area contributed by atoms with Crippen molar-refractivity contribution in [2.75, 3.05) is 12.3 Å². The van der Waals surface area contributed by atoms with E-state index in [2.05, 4.69) is 16.6 Å². The van der Waals surface area contributed by atoms with Crippen LogP contribution in [0.25, 0.3) is 0 Å². The molecule has 0 amide bonds. The van der Waals surface area contributed by atoms with Gasteiger partial charge in [-0.15, -0.1) is 11.8 Å². The van der Waals surface area contributed by atoms with E-state index in [0.717, 1.165) is 12.1 Å². The highest BCUT2D eigenvalue weighted by Gasteiger charge is 2.17. The Morgan fingerprint density at radius 3 is 2.82 bits per heavy atom. The van der Waals surface area contributed by atoms with Crippen molar-refractivity contribution in [2.24, 2.45) is 0 Å². The van der Waals surface area contributed by atoms with Crippen LogP contribution >= 0.6 is 0 Å². The number of halogens is 1. The van der Waals surface area contributed by atoms with E-state index in [-0.39, 0.29) is 17.1 Å². The van der Waals surface area contributed by atoms with Crippen LogP contribution in [0.1, 0.15) is 13.3 Å². The van der Waals surface area contributed by atoms with E-state index in [1.165, 1.54) is 6.07 Å². The molecule has 0 aliphatic carbocycles. The molecule has 0 atom stereocenters. The molecule has 1 rings (SSSR count). The lowest BCUT2D eigenvalue weighted by atomic mass is 10.3. The van der Waals surface area contributed by atoms with E-state index in [0.29, 0.717) is 6.42 Å². The molecule has 1 aromatic carbocycles. The monoisotopic (exact) mass is 256 g/mol. The van der Waals surface area contributed by atoms with Gasteiger partial charge in [0.05, 0.1) is 5.69 Å². The summed E-state index contributed by atoms with van der Waals surface area (Å²) in [5, 5.41) is 0. The number of hydrogen-bond acceptors (Lipinski definition) is 3. The van der Waals surface area contributed by atoms with Crippen molar-refractivity contribution in [3.8, 4) is 11.8 Å². The summed E-state index contributed by atoms with van der Waals surface area (Å²) in [5.41, 5.74) is 5.51. The number of rotatable bonds is 4. The SMILES string of the molecule is CC#CCCNS(=O)(=O)c1cc(F)ccc1N. The third kappa shape index (κ3) is 3.73. The summed E-state index contributed by atoms with van der Waals surface area (Å²) >= 11 is 0. The quantitative estimate of drug-likeness (QED) is 0.481. The first kappa shape index (κ1) is 13.5. The highest BCUT2D eigenvalue weighted by molar-refractivity contribution is 7.89. The lowest BCUT2D eigenvalue weighted by molar-refractivity contribution is 0.579. The smallest absolute Gasteiger partial charge is 0.242 e. The van der Waals surface area contributed by atoms with Crippen LogP contribution in [0.3, 0.4) is 0 Å². The molecular formula is C11H13FN2O2S. The third-order valence-corrected chi connectivity index (χ3v) is 3.50. The largest absolute Gasteiger partial charge is 0.398 e. The van der Waals surface area contributed by atoms with Gasteiger partial charge >= 0.3 is 0 Å². The van der Waals surface area contributed by atoms with E-state index in [4.69, 9.17) is 5.73 Å². The van der Waals surface area contributed by atoms with Gasteiger partial charge in [0.25, 0.3) is 0 Å². The molecule has 1 aromatic rings. The summed E-state index contributed by atoms with van der Waals surface area (Å²) in [4.78, 5) is -0.248. The van der Waals surface area contributed by atoms with Crippen molar-refractivity contribution in [2.45, 2.75) is 18.2 Å². The van der Waals surface area contributed by atoms with Crippen LogP contribution in [-0.4, -0.2) is 15.0 Å². The lowest BCUT2D eigenvalue weighted by Gasteiger charge is -2.07. The van der Waals surface area contributed by atoms with Gasteiger partial charge in [0.2, 0.25) is 10.0 Å². The van der Waals surface area contributed by atoms with Gasteiger partial charge in [0.15, 0.2) is 0 Å². The zero-order valence-corrected chi connectivity index (χ0v) is 10.1. The Kier molecular flexibility index (Phi) is 4.49. The Bertz CT molecular complexity index is 559. The second-order valence-electron chi connectivity index (χ2n) is 3.26. The Labute approximate surface area is 100 Å². The van der Waals surface area contributed by atoms with Gasteiger partial charge in [-0.2, -0.15) is 0 Å². The average Bonchev–Trinajstić information content (AvgIpc) is 2.28. The molecule has 17 heavy (non-hydrogen) atoms. The maximum absolute atomic E-state index is 13.0. The molecule has 0 aromatic heterocycles. The standard InChI is InChI=1S/C11H13FN2O2S/c1-2-3-4-7-14-17(15,16)11-8-9(12)5-6-10(11)13/h5-6,8,14H,4,7,13H2,1H3. The highest BCUT2D eigenvalue weighted by Crippen LogP contribution is 2.18. The Hall–Kier alpha value is -1.58. The van der Waals surface area contributed by atoms with E-state index in [1.54, 1.807) is 6.92 Å². The van der Waals surface area contributed by atoms with Crippen LogP contribution in [0.5, 0.6) is 0 Å². The molecule has 0 saturated carbocycles. The summed E-state index contributed by atoms with van der Waals surface area (Å²) in [6.45, 7) is 1.83. The summed E-state index contributed by atoms with van der Waals surface area (Å²) in [6.07, 6.45) is 0.394. The van der Waals surface area contributed by atoms with E-state index >= 15 is 0 Å². The zero-order chi connectivity index (χ0) is 12.9. The minimum absolute atomic E-state index is 0.0143.